The average Bonchev–Trinajstić information content (AvgIpc) is 3.81. The van der Waals surface area contributed by atoms with E-state index in [1.54, 1.807) is 0 Å². The van der Waals surface area contributed by atoms with Gasteiger partial charge in [0, 0.05) is 59.1 Å². The number of hydrogen-bond donors (Lipinski definition) is 0. The summed E-state index contributed by atoms with van der Waals surface area (Å²) in [5, 5.41) is 7.79. The summed E-state index contributed by atoms with van der Waals surface area (Å²) < 4.78 is 5.10. The third-order valence-electron chi connectivity index (χ3n) is 11.4. The molecular weight excluding hydrogens is 649 g/mol. The van der Waals surface area contributed by atoms with E-state index in [0.717, 1.165) is 11.4 Å². The molecule has 2 heterocycles. The lowest BCUT2D eigenvalue weighted by molar-refractivity contribution is 0.660. The van der Waals surface area contributed by atoms with E-state index in [1.165, 1.54) is 86.4 Å². The van der Waals surface area contributed by atoms with Crippen LogP contribution in [0.4, 0.5) is 17.1 Å². The van der Waals surface area contributed by atoms with Gasteiger partial charge in [-0.2, -0.15) is 0 Å². The Bertz CT molecular complexity index is 3050. The fourth-order valence-electron chi connectivity index (χ4n) is 8.89. The van der Waals surface area contributed by atoms with Crippen LogP contribution in [-0.2, 0) is 5.41 Å². The second kappa shape index (κ2) is 10.9. The average molecular weight is 683 g/mol. The molecule has 11 rings (SSSR count). The molecule has 0 fully saturated rings. The van der Waals surface area contributed by atoms with Crippen molar-refractivity contribution in [3.05, 3.63) is 181 Å². The molecule has 2 aromatic heterocycles. The van der Waals surface area contributed by atoms with Crippen LogP contribution in [0.15, 0.2) is 170 Å². The number of para-hydroxylation sites is 2. The van der Waals surface area contributed by atoms with Crippen molar-refractivity contribution in [2.45, 2.75) is 19.3 Å². The Kier molecular flexibility index (Phi) is 6.21. The highest BCUT2D eigenvalue weighted by Crippen LogP contribution is 2.52. The van der Waals surface area contributed by atoms with Gasteiger partial charge in [-0.1, -0.05) is 111 Å². The first kappa shape index (κ1) is 29.6. The molecule has 0 spiro atoms. The van der Waals surface area contributed by atoms with E-state index < -0.39 is 0 Å². The summed E-state index contributed by atoms with van der Waals surface area (Å²) in [5.41, 5.74) is 12.3. The minimum Gasteiger partial charge on any atom is -0.310 e. The number of benzene rings is 8. The summed E-state index contributed by atoms with van der Waals surface area (Å²) in [7, 11) is 0. The number of fused-ring (bicyclic) bond motifs is 11. The highest BCUT2D eigenvalue weighted by atomic mass is 32.1. The van der Waals surface area contributed by atoms with Gasteiger partial charge >= 0.3 is 0 Å². The molecule has 52 heavy (non-hydrogen) atoms. The lowest BCUT2D eigenvalue weighted by atomic mass is 9.82. The van der Waals surface area contributed by atoms with Gasteiger partial charge in [-0.05, 0) is 106 Å². The van der Waals surface area contributed by atoms with Gasteiger partial charge in [-0.15, -0.1) is 11.3 Å². The van der Waals surface area contributed by atoms with Crippen LogP contribution >= 0.6 is 11.3 Å². The van der Waals surface area contributed by atoms with Crippen molar-refractivity contribution in [3.63, 3.8) is 0 Å². The quantitative estimate of drug-likeness (QED) is 0.179. The monoisotopic (exact) mass is 682 g/mol. The van der Waals surface area contributed by atoms with Crippen molar-refractivity contribution in [3.8, 4) is 16.8 Å². The first-order chi connectivity index (χ1) is 25.5. The highest BCUT2D eigenvalue weighted by molar-refractivity contribution is 7.25. The molecular formula is C49H34N2S. The van der Waals surface area contributed by atoms with Crippen LogP contribution in [0.25, 0.3) is 69.6 Å². The Morgan fingerprint density at radius 3 is 1.98 bits per heavy atom. The number of aromatic nitrogens is 1. The van der Waals surface area contributed by atoms with Crippen molar-refractivity contribution < 1.29 is 0 Å². The second-order valence-corrected chi connectivity index (χ2v) is 15.7. The number of thiophene rings is 1. The summed E-state index contributed by atoms with van der Waals surface area (Å²) in [4.78, 5) is 2.42. The minimum absolute atomic E-state index is 0.196. The standard InChI is InChI=1S/C49H34N2S/c1-49(2)42-29-34(50(32-13-4-3-5-14-32)33-23-27-47-41(28-33)39-16-9-11-19-46(39)52-47)21-24-37(42)38-25-22-35(30-43(38)49)51-44-18-10-8-17-40(44)48-36-15-7-6-12-31(36)20-26-45(48)51/h3-30H,1-2H3. The van der Waals surface area contributed by atoms with Gasteiger partial charge in [0.1, 0.15) is 0 Å². The highest BCUT2D eigenvalue weighted by Gasteiger charge is 2.36. The third-order valence-corrected chi connectivity index (χ3v) is 12.5. The largest absolute Gasteiger partial charge is 0.310 e. The maximum atomic E-state index is 2.46. The topological polar surface area (TPSA) is 8.17 Å². The number of hydrogen-bond acceptors (Lipinski definition) is 2. The summed E-state index contributed by atoms with van der Waals surface area (Å²) >= 11 is 1.86. The molecule has 0 unspecified atom stereocenters. The third kappa shape index (κ3) is 4.17. The van der Waals surface area contributed by atoms with E-state index in [0.29, 0.717) is 0 Å². The second-order valence-electron chi connectivity index (χ2n) is 14.6. The lowest BCUT2D eigenvalue weighted by Crippen LogP contribution is -2.17. The molecule has 0 saturated heterocycles. The Labute approximate surface area is 306 Å². The number of nitrogens with zero attached hydrogens (tertiary/aromatic N) is 2. The molecule has 0 aliphatic heterocycles. The fraction of sp³-hybridized carbons (Fsp3) is 0.0612. The van der Waals surface area contributed by atoms with Crippen LogP contribution in [0.2, 0.25) is 0 Å². The SMILES string of the molecule is CC1(C)c2cc(N(c3ccccc3)c3ccc4sc5ccccc5c4c3)ccc2-c2ccc(-n3c4ccccc4c4c5ccccc5ccc43)cc21. The van der Waals surface area contributed by atoms with Crippen LogP contribution in [0.5, 0.6) is 0 Å². The molecule has 0 amide bonds. The number of anilines is 3. The van der Waals surface area contributed by atoms with Crippen LogP contribution in [0, 0.1) is 0 Å². The van der Waals surface area contributed by atoms with Gasteiger partial charge in [0.15, 0.2) is 0 Å². The molecule has 246 valence electrons. The molecule has 2 nitrogen and oxygen atoms in total. The van der Waals surface area contributed by atoms with Gasteiger partial charge < -0.3 is 9.47 Å². The predicted octanol–water partition coefficient (Wildman–Crippen LogP) is 14.1. The molecule has 1 aliphatic carbocycles. The van der Waals surface area contributed by atoms with E-state index in [-0.39, 0.29) is 5.41 Å². The van der Waals surface area contributed by atoms with Gasteiger partial charge in [0.2, 0.25) is 0 Å². The smallest absolute Gasteiger partial charge is 0.0547 e. The van der Waals surface area contributed by atoms with Gasteiger partial charge in [0.25, 0.3) is 0 Å². The van der Waals surface area contributed by atoms with Crippen molar-refractivity contribution in [2.24, 2.45) is 0 Å². The number of rotatable bonds is 4. The predicted molar refractivity (Wildman–Crippen MR) is 223 cm³/mol. The van der Waals surface area contributed by atoms with Crippen LogP contribution < -0.4 is 4.90 Å². The van der Waals surface area contributed by atoms with Crippen LogP contribution in [0.1, 0.15) is 25.0 Å². The summed E-state index contributed by atoms with van der Waals surface area (Å²) in [6, 6.07) is 62.8. The Morgan fingerprint density at radius 1 is 0.462 bits per heavy atom. The maximum absolute atomic E-state index is 2.46. The first-order valence-corrected chi connectivity index (χ1v) is 18.8. The van der Waals surface area contributed by atoms with Gasteiger partial charge in [-0.25, -0.2) is 0 Å². The van der Waals surface area contributed by atoms with E-state index in [9.17, 15) is 0 Å². The zero-order valence-corrected chi connectivity index (χ0v) is 29.8. The first-order valence-electron chi connectivity index (χ1n) is 18.0. The fourth-order valence-corrected chi connectivity index (χ4v) is 9.97. The molecule has 0 radical (unpaired) electrons. The minimum atomic E-state index is -0.196. The molecule has 3 heteroatoms. The molecule has 0 N–H and O–H groups in total. The van der Waals surface area contributed by atoms with Crippen molar-refractivity contribution >= 4 is 81.1 Å². The maximum Gasteiger partial charge on any atom is 0.0547 e. The van der Waals surface area contributed by atoms with Crippen LogP contribution in [-0.4, -0.2) is 4.57 Å². The zero-order chi connectivity index (χ0) is 34.6. The van der Waals surface area contributed by atoms with Crippen molar-refractivity contribution in [2.75, 3.05) is 4.90 Å². The van der Waals surface area contributed by atoms with E-state index >= 15 is 0 Å². The van der Waals surface area contributed by atoms with E-state index in [2.05, 4.69) is 193 Å². The summed E-state index contributed by atoms with van der Waals surface area (Å²) in [5.74, 6) is 0. The Morgan fingerprint density at radius 2 is 1.12 bits per heavy atom. The molecule has 0 saturated carbocycles. The van der Waals surface area contributed by atoms with Crippen molar-refractivity contribution in [1.82, 2.24) is 4.57 Å². The molecule has 8 aromatic carbocycles. The van der Waals surface area contributed by atoms with Crippen molar-refractivity contribution in [1.29, 1.82) is 0 Å². The zero-order valence-electron chi connectivity index (χ0n) is 29.0. The van der Waals surface area contributed by atoms with E-state index in [1.807, 2.05) is 11.3 Å². The molecule has 0 bridgehead atoms. The Balaban J connectivity index is 1.07. The van der Waals surface area contributed by atoms with Gasteiger partial charge in [-0.3, -0.25) is 0 Å². The lowest BCUT2D eigenvalue weighted by Gasteiger charge is -2.28. The van der Waals surface area contributed by atoms with Crippen LogP contribution in [0.3, 0.4) is 0 Å². The Hall–Kier alpha value is -6.16. The van der Waals surface area contributed by atoms with Gasteiger partial charge in [0.05, 0.1) is 11.0 Å². The summed E-state index contributed by atoms with van der Waals surface area (Å²) in [6.07, 6.45) is 0. The normalized spacial score (nSPS) is 13.3. The molecule has 1 aliphatic rings. The molecule has 10 aromatic rings. The molecule has 0 atom stereocenters. The van der Waals surface area contributed by atoms with E-state index in [4.69, 9.17) is 0 Å². The summed E-state index contributed by atoms with van der Waals surface area (Å²) in [6.45, 7) is 4.78.